The summed E-state index contributed by atoms with van der Waals surface area (Å²) in [6, 6.07) is 7.16. The summed E-state index contributed by atoms with van der Waals surface area (Å²) in [6.45, 7) is 2.02. The Morgan fingerprint density at radius 1 is 1.00 bits per heavy atom. The van der Waals surface area contributed by atoms with Crippen molar-refractivity contribution < 1.29 is 9.59 Å². The van der Waals surface area contributed by atoms with Crippen molar-refractivity contribution in [3.05, 3.63) is 62.3 Å². The molecule has 0 N–H and O–H groups in total. The molecule has 20 heavy (non-hydrogen) atoms. The van der Waals surface area contributed by atoms with Crippen molar-refractivity contribution in [1.82, 2.24) is 0 Å². The van der Waals surface area contributed by atoms with E-state index in [2.05, 4.69) is 5.38 Å². The van der Waals surface area contributed by atoms with Crippen LogP contribution in [-0.4, -0.2) is 11.6 Å². The number of fused-ring (bicyclic) bond motifs is 3. The van der Waals surface area contributed by atoms with Gasteiger partial charge in [-0.1, -0.05) is 24.3 Å². The molecule has 2 aliphatic carbocycles. The minimum Gasteiger partial charge on any atom is -0.289 e. The summed E-state index contributed by atoms with van der Waals surface area (Å²) < 4.78 is 0. The Kier molecular flexibility index (Phi) is 2.36. The first-order valence-corrected chi connectivity index (χ1v) is 7.55. The smallest absolute Gasteiger partial charge is 0.194 e. The van der Waals surface area contributed by atoms with E-state index in [0.717, 1.165) is 17.5 Å². The highest BCUT2D eigenvalue weighted by Crippen LogP contribution is 2.42. The van der Waals surface area contributed by atoms with E-state index in [9.17, 15) is 9.59 Å². The molecule has 4 rings (SSSR count). The lowest BCUT2D eigenvalue weighted by molar-refractivity contribution is 0.0988. The topological polar surface area (TPSA) is 34.1 Å². The third-order valence-electron chi connectivity index (χ3n) is 4.12. The fourth-order valence-electron chi connectivity index (χ4n) is 3.19. The minimum atomic E-state index is 0.0117. The zero-order chi connectivity index (χ0) is 13.9. The average molecular weight is 280 g/mol. The number of benzene rings is 1. The Hall–Kier alpha value is -2.00. The third kappa shape index (κ3) is 1.38. The van der Waals surface area contributed by atoms with Crippen LogP contribution in [0.25, 0.3) is 5.57 Å². The van der Waals surface area contributed by atoms with Crippen LogP contribution in [0, 0.1) is 6.92 Å². The van der Waals surface area contributed by atoms with Gasteiger partial charge in [0.15, 0.2) is 11.6 Å². The van der Waals surface area contributed by atoms with Crippen LogP contribution in [0.3, 0.4) is 0 Å². The van der Waals surface area contributed by atoms with E-state index < -0.39 is 0 Å². The third-order valence-corrected chi connectivity index (χ3v) is 5.29. The first-order valence-electron chi connectivity index (χ1n) is 6.67. The summed E-state index contributed by atoms with van der Waals surface area (Å²) in [5.41, 5.74) is 4.61. The van der Waals surface area contributed by atoms with Crippen LogP contribution in [0.1, 0.15) is 43.1 Å². The van der Waals surface area contributed by atoms with Gasteiger partial charge in [-0.15, -0.1) is 11.3 Å². The summed E-state index contributed by atoms with van der Waals surface area (Å²) in [4.78, 5) is 26.7. The van der Waals surface area contributed by atoms with Crippen molar-refractivity contribution >= 4 is 28.5 Å². The Morgan fingerprint density at radius 3 is 2.45 bits per heavy atom. The first-order chi connectivity index (χ1) is 9.68. The first kappa shape index (κ1) is 11.8. The largest absolute Gasteiger partial charge is 0.289 e. The van der Waals surface area contributed by atoms with Crippen molar-refractivity contribution in [3.8, 4) is 0 Å². The molecular formula is C17H12O2S. The van der Waals surface area contributed by atoms with Gasteiger partial charge in [0.1, 0.15) is 0 Å². The SMILES string of the molecule is Cc1csc2c1C1=C(CC2)C(=O)c2ccccc2C1=O. The summed E-state index contributed by atoms with van der Waals surface area (Å²) in [6.07, 6.45) is 1.55. The Labute approximate surface area is 120 Å². The number of hydrogen-bond acceptors (Lipinski definition) is 3. The van der Waals surface area contributed by atoms with Gasteiger partial charge in [-0.2, -0.15) is 0 Å². The molecule has 2 nitrogen and oxygen atoms in total. The highest BCUT2D eigenvalue weighted by Gasteiger charge is 2.36. The Balaban J connectivity index is 2.04. The molecule has 3 heteroatoms. The van der Waals surface area contributed by atoms with Gasteiger partial charge in [-0.3, -0.25) is 9.59 Å². The molecule has 1 heterocycles. The molecule has 0 aliphatic heterocycles. The molecule has 1 aromatic carbocycles. The van der Waals surface area contributed by atoms with Crippen molar-refractivity contribution in [1.29, 1.82) is 0 Å². The molecular weight excluding hydrogens is 268 g/mol. The maximum Gasteiger partial charge on any atom is 0.194 e. The second-order valence-electron chi connectivity index (χ2n) is 5.27. The fourth-order valence-corrected chi connectivity index (χ4v) is 4.22. The number of carbonyl (C=O) groups is 2. The summed E-state index contributed by atoms with van der Waals surface area (Å²) in [7, 11) is 0. The van der Waals surface area contributed by atoms with Gasteiger partial charge in [0.05, 0.1) is 0 Å². The van der Waals surface area contributed by atoms with Gasteiger partial charge in [0.25, 0.3) is 0 Å². The molecule has 0 fully saturated rings. The number of Topliss-reactive ketones (excluding diaryl/α,β-unsaturated/α-hetero) is 2. The van der Waals surface area contributed by atoms with E-state index in [-0.39, 0.29) is 11.6 Å². The van der Waals surface area contributed by atoms with E-state index >= 15 is 0 Å². The van der Waals surface area contributed by atoms with E-state index in [0.29, 0.717) is 28.7 Å². The van der Waals surface area contributed by atoms with E-state index in [1.807, 2.05) is 19.1 Å². The Morgan fingerprint density at radius 2 is 1.70 bits per heavy atom. The van der Waals surface area contributed by atoms with Crippen LogP contribution in [0.5, 0.6) is 0 Å². The number of allylic oxidation sites excluding steroid dienone is 2. The van der Waals surface area contributed by atoms with Crippen molar-refractivity contribution in [3.63, 3.8) is 0 Å². The van der Waals surface area contributed by atoms with Crippen LogP contribution < -0.4 is 0 Å². The second-order valence-corrected chi connectivity index (χ2v) is 6.24. The molecule has 0 saturated carbocycles. The molecule has 0 saturated heterocycles. The summed E-state index contributed by atoms with van der Waals surface area (Å²) in [5, 5.41) is 2.08. The molecule has 0 atom stereocenters. The van der Waals surface area contributed by atoms with Gasteiger partial charge < -0.3 is 0 Å². The van der Waals surface area contributed by atoms with Crippen LogP contribution in [0.4, 0.5) is 0 Å². The van der Waals surface area contributed by atoms with Gasteiger partial charge >= 0.3 is 0 Å². The van der Waals surface area contributed by atoms with Crippen LogP contribution in [0.2, 0.25) is 0 Å². The molecule has 2 aliphatic rings. The molecule has 0 amide bonds. The van der Waals surface area contributed by atoms with Crippen molar-refractivity contribution in [2.24, 2.45) is 0 Å². The van der Waals surface area contributed by atoms with Crippen LogP contribution in [-0.2, 0) is 6.42 Å². The molecule has 0 radical (unpaired) electrons. The molecule has 98 valence electrons. The number of hydrogen-bond donors (Lipinski definition) is 0. The number of aryl methyl sites for hydroxylation is 2. The number of carbonyl (C=O) groups excluding carboxylic acids is 2. The fraction of sp³-hybridized carbons (Fsp3) is 0.176. The lowest BCUT2D eigenvalue weighted by atomic mass is 9.76. The summed E-state index contributed by atoms with van der Waals surface area (Å²) >= 11 is 1.69. The molecule has 0 spiro atoms. The minimum absolute atomic E-state index is 0.0117. The number of ketones is 2. The van der Waals surface area contributed by atoms with Crippen LogP contribution in [0.15, 0.2) is 35.2 Å². The molecule has 2 aromatic rings. The highest BCUT2D eigenvalue weighted by atomic mass is 32.1. The lowest BCUT2D eigenvalue weighted by Crippen LogP contribution is -2.24. The van der Waals surface area contributed by atoms with E-state index in [4.69, 9.17) is 0 Å². The summed E-state index contributed by atoms with van der Waals surface area (Å²) in [5.74, 6) is 0.0455. The van der Waals surface area contributed by atoms with Gasteiger partial charge in [0, 0.05) is 32.7 Å². The zero-order valence-electron chi connectivity index (χ0n) is 11.0. The number of thiophene rings is 1. The van der Waals surface area contributed by atoms with Crippen molar-refractivity contribution in [2.75, 3.05) is 0 Å². The monoisotopic (exact) mass is 280 g/mol. The molecule has 1 aromatic heterocycles. The molecule has 0 unspecified atom stereocenters. The van der Waals surface area contributed by atoms with Gasteiger partial charge in [-0.05, 0) is 30.7 Å². The predicted molar refractivity (Wildman–Crippen MR) is 79.4 cm³/mol. The van der Waals surface area contributed by atoms with Crippen molar-refractivity contribution in [2.45, 2.75) is 19.8 Å². The standard InChI is InChI=1S/C17H12O2S/c1-9-8-20-13-7-6-12-15(14(9)13)17(19)11-5-3-2-4-10(11)16(12)18/h2-5,8H,6-7H2,1H3. The number of rotatable bonds is 0. The van der Waals surface area contributed by atoms with Gasteiger partial charge in [-0.25, -0.2) is 0 Å². The van der Waals surface area contributed by atoms with E-state index in [1.54, 1.807) is 23.5 Å². The molecule has 0 bridgehead atoms. The normalized spacial score (nSPS) is 16.9. The quantitative estimate of drug-likeness (QED) is 0.735. The second kappa shape index (κ2) is 4.00. The maximum atomic E-state index is 12.8. The highest BCUT2D eigenvalue weighted by molar-refractivity contribution is 7.10. The lowest BCUT2D eigenvalue weighted by Gasteiger charge is -2.25. The van der Waals surface area contributed by atoms with Gasteiger partial charge in [0.2, 0.25) is 0 Å². The Bertz CT molecular complexity index is 808. The maximum absolute atomic E-state index is 12.8. The average Bonchev–Trinajstić information content (AvgIpc) is 2.86. The zero-order valence-corrected chi connectivity index (χ0v) is 11.8. The van der Waals surface area contributed by atoms with E-state index in [1.165, 1.54) is 4.88 Å². The van der Waals surface area contributed by atoms with Crippen LogP contribution >= 0.6 is 11.3 Å². The predicted octanol–water partition coefficient (Wildman–Crippen LogP) is 3.84.